The number of fused-ring (bicyclic) bond motifs is 1. The third-order valence-corrected chi connectivity index (χ3v) is 7.91. The lowest BCUT2D eigenvalue weighted by Gasteiger charge is -2.31. The molecule has 2 aromatic carbocycles. The van der Waals surface area contributed by atoms with Crippen LogP contribution in [0, 0.1) is 0 Å². The maximum atomic E-state index is 6.90. The van der Waals surface area contributed by atoms with Crippen molar-refractivity contribution in [1.82, 2.24) is 0 Å². The van der Waals surface area contributed by atoms with Gasteiger partial charge in [-0.1, -0.05) is 60.7 Å². The largest absolute Gasteiger partial charge is 0.348 e. The number of ether oxygens (including phenoxy) is 5. The SMILES string of the molecule is CC1(C)O[C@H]2O[C@H]([C@@H]3COC(C)(C)O3)[C@H](O[P@@](Cc3ccccc3)c3ccccc3)[C@H]2O1. The summed E-state index contributed by atoms with van der Waals surface area (Å²) < 4.78 is 37.5. The first kappa shape index (κ1) is 22.4. The molecule has 0 N–H and O–H groups in total. The van der Waals surface area contributed by atoms with E-state index in [0.717, 1.165) is 6.16 Å². The molecule has 172 valence electrons. The highest BCUT2D eigenvalue weighted by atomic mass is 31.1. The topological polar surface area (TPSA) is 55.4 Å². The minimum atomic E-state index is -0.974. The Morgan fingerprint density at radius 3 is 2.19 bits per heavy atom. The monoisotopic (exact) mass is 458 g/mol. The highest BCUT2D eigenvalue weighted by molar-refractivity contribution is 7.60. The van der Waals surface area contributed by atoms with E-state index < -0.39 is 26.0 Å². The van der Waals surface area contributed by atoms with Crippen molar-refractivity contribution in [1.29, 1.82) is 0 Å². The predicted molar refractivity (Wildman–Crippen MR) is 122 cm³/mol. The van der Waals surface area contributed by atoms with Crippen molar-refractivity contribution in [3.8, 4) is 0 Å². The van der Waals surface area contributed by atoms with Crippen LogP contribution in [0.4, 0.5) is 0 Å². The van der Waals surface area contributed by atoms with Crippen molar-refractivity contribution in [2.45, 2.75) is 76.1 Å². The van der Waals surface area contributed by atoms with E-state index in [1.54, 1.807) is 0 Å². The zero-order valence-corrected chi connectivity index (χ0v) is 19.9. The minimum absolute atomic E-state index is 0.250. The van der Waals surface area contributed by atoms with Crippen LogP contribution in [0.3, 0.4) is 0 Å². The van der Waals surface area contributed by atoms with Gasteiger partial charge in [-0.2, -0.15) is 0 Å². The molecule has 0 aliphatic carbocycles. The summed E-state index contributed by atoms with van der Waals surface area (Å²) in [6, 6.07) is 20.8. The summed E-state index contributed by atoms with van der Waals surface area (Å²) in [7, 11) is -0.974. The maximum Gasteiger partial charge on any atom is 0.190 e. The van der Waals surface area contributed by atoms with Gasteiger partial charge in [0.15, 0.2) is 17.9 Å². The summed E-state index contributed by atoms with van der Waals surface area (Å²) in [5.41, 5.74) is 1.24. The van der Waals surface area contributed by atoms with Gasteiger partial charge in [0.2, 0.25) is 0 Å². The molecule has 32 heavy (non-hydrogen) atoms. The molecule has 0 aromatic heterocycles. The van der Waals surface area contributed by atoms with E-state index in [4.69, 9.17) is 28.2 Å². The van der Waals surface area contributed by atoms with E-state index in [-0.39, 0.29) is 24.4 Å². The Kier molecular flexibility index (Phi) is 6.14. The molecule has 0 radical (unpaired) electrons. The van der Waals surface area contributed by atoms with Crippen LogP contribution >= 0.6 is 8.15 Å². The second kappa shape index (κ2) is 8.77. The first-order valence-electron chi connectivity index (χ1n) is 11.2. The van der Waals surface area contributed by atoms with Crippen molar-refractivity contribution < 1.29 is 28.2 Å². The van der Waals surface area contributed by atoms with Gasteiger partial charge in [-0.3, -0.25) is 0 Å². The van der Waals surface area contributed by atoms with Crippen molar-refractivity contribution in [2.75, 3.05) is 6.61 Å². The van der Waals surface area contributed by atoms with Gasteiger partial charge >= 0.3 is 0 Å². The van der Waals surface area contributed by atoms with E-state index in [2.05, 4.69) is 48.5 Å². The zero-order chi connectivity index (χ0) is 22.3. The minimum Gasteiger partial charge on any atom is -0.348 e. The first-order chi connectivity index (χ1) is 15.3. The van der Waals surface area contributed by atoms with Gasteiger partial charge in [0.25, 0.3) is 0 Å². The molecule has 0 unspecified atom stereocenters. The number of rotatable bonds is 6. The van der Waals surface area contributed by atoms with Crippen LogP contribution in [-0.4, -0.2) is 48.9 Å². The number of hydrogen-bond donors (Lipinski definition) is 0. The molecule has 7 heteroatoms. The standard InChI is InChI=1S/C25H31O6P/c1-24(2)26-15-19(28-24)20-21(22-23(27-20)30-25(3,4)29-22)31-32(18-13-9-6-10-14-18)16-17-11-7-5-8-12-17/h5-14,19-23H,15-16H2,1-4H3/t19-,20+,21-,22+,23+,32-/m0/s1. The highest BCUT2D eigenvalue weighted by Crippen LogP contribution is 2.49. The van der Waals surface area contributed by atoms with E-state index in [1.165, 1.54) is 10.9 Å². The molecule has 0 amide bonds. The summed E-state index contributed by atoms with van der Waals surface area (Å²) in [4.78, 5) is 0. The van der Waals surface area contributed by atoms with Gasteiger partial charge in [-0.15, -0.1) is 0 Å². The average molecular weight is 458 g/mol. The van der Waals surface area contributed by atoms with Crippen LogP contribution in [0.5, 0.6) is 0 Å². The molecule has 0 bridgehead atoms. The van der Waals surface area contributed by atoms with Crippen LogP contribution in [0.15, 0.2) is 60.7 Å². The van der Waals surface area contributed by atoms with Gasteiger partial charge in [0.05, 0.1) is 14.8 Å². The van der Waals surface area contributed by atoms with Crippen molar-refractivity contribution in [2.24, 2.45) is 0 Å². The Balaban J connectivity index is 1.43. The lowest BCUT2D eigenvalue weighted by molar-refractivity contribution is -0.230. The van der Waals surface area contributed by atoms with Gasteiger partial charge in [0.1, 0.15) is 24.4 Å². The molecule has 3 aliphatic rings. The molecule has 3 fully saturated rings. The molecule has 3 saturated heterocycles. The quantitative estimate of drug-likeness (QED) is 0.601. The Morgan fingerprint density at radius 2 is 1.53 bits per heavy atom. The molecule has 3 heterocycles. The molecule has 0 saturated carbocycles. The van der Waals surface area contributed by atoms with Gasteiger partial charge in [-0.05, 0) is 33.3 Å². The lowest BCUT2D eigenvalue weighted by atomic mass is 10.1. The fourth-order valence-corrected chi connectivity index (χ4v) is 6.44. The van der Waals surface area contributed by atoms with E-state index in [1.807, 2.05) is 39.8 Å². The molecular formula is C25H31O6P. The van der Waals surface area contributed by atoms with Crippen molar-refractivity contribution in [3.63, 3.8) is 0 Å². The molecule has 6 nitrogen and oxygen atoms in total. The van der Waals surface area contributed by atoms with Gasteiger partial charge in [-0.25, -0.2) is 0 Å². The average Bonchev–Trinajstić information content (AvgIpc) is 3.38. The first-order valence-corrected chi connectivity index (χ1v) is 12.6. The van der Waals surface area contributed by atoms with E-state index in [9.17, 15) is 0 Å². The fraction of sp³-hybridized carbons (Fsp3) is 0.520. The Hall–Kier alpha value is -1.37. The Labute approximate surface area is 190 Å². The predicted octanol–water partition coefficient (Wildman–Crippen LogP) is 4.32. The van der Waals surface area contributed by atoms with E-state index >= 15 is 0 Å². The fourth-order valence-electron chi connectivity index (χ4n) is 4.48. The van der Waals surface area contributed by atoms with Crippen LogP contribution in [0.2, 0.25) is 0 Å². The summed E-state index contributed by atoms with van der Waals surface area (Å²) in [6.07, 6.45) is -0.936. The number of hydrogen-bond acceptors (Lipinski definition) is 6. The summed E-state index contributed by atoms with van der Waals surface area (Å²) in [6.45, 7) is 8.09. The number of benzene rings is 2. The molecule has 5 rings (SSSR count). The lowest BCUT2D eigenvalue weighted by Crippen LogP contribution is -2.43. The summed E-state index contributed by atoms with van der Waals surface area (Å²) in [5, 5.41) is 1.18. The second-order valence-corrected chi connectivity index (χ2v) is 11.2. The molecule has 2 aromatic rings. The van der Waals surface area contributed by atoms with Crippen molar-refractivity contribution in [3.05, 3.63) is 66.2 Å². The van der Waals surface area contributed by atoms with Crippen LogP contribution in [0.25, 0.3) is 0 Å². The smallest absolute Gasteiger partial charge is 0.190 e. The van der Waals surface area contributed by atoms with Crippen LogP contribution < -0.4 is 5.30 Å². The third-order valence-electron chi connectivity index (χ3n) is 5.89. The summed E-state index contributed by atoms with van der Waals surface area (Å²) >= 11 is 0. The molecule has 0 spiro atoms. The zero-order valence-electron chi connectivity index (χ0n) is 19.0. The van der Waals surface area contributed by atoms with Gasteiger partial charge in [0, 0.05) is 11.5 Å². The van der Waals surface area contributed by atoms with Crippen LogP contribution in [0.1, 0.15) is 33.3 Å². The van der Waals surface area contributed by atoms with Crippen LogP contribution in [-0.2, 0) is 34.4 Å². The summed E-state index contributed by atoms with van der Waals surface area (Å²) in [5.74, 6) is -1.37. The molecular weight excluding hydrogens is 427 g/mol. The highest BCUT2D eigenvalue weighted by Gasteiger charge is 2.59. The van der Waals surface area contributed by atoms with Gasteiger partial charge < -0.3 is 28.2 Å². The normalized spacial score (nSPS) is 33.8. The molecule has 6 atom stereocenters. The maximum absolute atomic E-state index is 6.90. The van der Waals surface area contributed by atoms with Crippen molar-refractivity contribution >= 4 is 13.5 Å². The molecule has 3 aliphatic heterocycles. The van der Waals surface area contributed by atoms with E-state index in [0.29, 0.717) is 6.61 Å². The third kappa shape index (κ3) is 4.78. The Morgan fingerprint density at radius 1 is 0.844 bits per heavy atom. The second-order valence-electron chi connectivity index (χ2n) is 9.36. The Bertz CT molecular complexity index is 905.